The molecule has 0 bridgehead atoms. The summed E-state index contributed by atoms with van der Waals surface area (Å²) >= 11 is 3.20. The van der Waals surface area contributed by atoms with Crippen LogP contribution < -0.4 is 10.1 Å². The van der Waals surface area contributed by atoms with E-state index in [1.807, 2.05) is 19.9 Å². The summed E-state index contributed by atoms with van der Waals surface area (Å²) in [6.45, 7) is 3.59. The molecular weight excluding hydrogens is 415 g/mol. The van der Waals surface area contributed by atoms with Crippen LogP contribution in [-0.4, -0.2) is 23.9 Å². The standard InChI is InChI=1S/C20H20BrFN2O3/c1-4-20(14-6-8-17(27-3)12(2)9-14)18(25)24(19(26)23-20)11-13-5-7-15(21)10-16(13)22/h5-10H,4,11H2,1-3H3,(H,23,26). The van der Waals surface area contributed by atoms with E-state index < -0.39 is 17.4 Å². The highest BCUT2D eigenvalue weighted by atomic mass is 79.9. The number of benzene rings is 2. The third-order valence-corrected chi connectivity index (χ3v) is 5.43. The average molecular weight is 435 g/mol. The maximum Gasteiger partial charge on any atom is 0.325 e. The number of carbonyl (C=O) groups is 2. The number of imide groups is 1. The zero-order chi connectivity index (χ0) is 19.8. The molecule has 2 aromatic carbocycles. The first kappa shape index (κ1) is 19.4. The van der Waals surface area contributed by atoms with Gasteiger partial charge < -0.3 is 10.1 Å². The third-order valence-electron chi connectivity index (χ3n) is 4.94. The molecule has 7 heteroatoms. The fraction of sp³-hybridized carbons (Fsp3) is 0.300. The van der Waals surface area contributed by atoms with E-state index >= 15 is 0 Å². The number of amides is 3. The van der Waals surface area contributed by atoms with Crippen LogP contribution >= 0.6 is 15.9 Å². The van der Waals surface area contributed by atoms with E-state index in [-0.39, 0.29) is 18.0 Å². The van der Waals surface area contributed by atoms with Crippen molar-refractivity contribution in [1.29, 1.82) is 0 Å². The second-order valence-electron chi connectivity index (χ2n) is 6.50. The van der Waals surface area contributed by atoms with Gasteiger partial charge in [-0.15, -0.1) is 0 Å². The van der Waals surface area contributed by atoms with E-state index in [1.165, 1.54) is 6.07 Å². The van der Waals surface area contributed by atoms with Crippen molar-refractivity contribution in [3.8, 4) is 5.75 Å². The van der Waals surface area contributed by atoms with Crippen molar-refractivity contribution in [2.45, 2.75) is 32.4 Å². The molecule has 0 aliphatic carbocycles. The molecule has 3 rings (SSSR count). The highest BCUT2D eigenvalue weighted by molar-refractivity contribution is 9.10. The number of urea groups is 1. The van der Waals surface area contributed by atoms with E-state index in [0.29, 0.717) is 22.2 Å². The van der Waals surface area contributed by atoms with E-state index in [2.05, 4.69) is 21.2 Å². The first-order valence-electron chi connectivity index (χ1n) is 8.55. The predicted molar refractivity (Wildman–Crippen MR) is 103 cm³/mol. The number of halogens is 2. The molecule has 142 valence electrons. The Bertz CT molecular complexity index is 918. The predicted octanol–water partition coefficient (Wildman–Crippen LogP) is 4.26. The summed E-state index contributed by atoms with van der Waals surface area (Å²) in [5.74, 6) is -0.156. The number of nitrogens with zero attached hydrogens (tertiary/aromatic N) is 1. The fourth-order valence-electron chi connectivity index (χ4n) is 3.37. The summed E-state index contributed by atoms with van der Waals surface area (Å²) in [6.07, 6.45) is 0.378. The summed E-state index contributed by atoms with van der Waals surface area (Å²) in [5.41, 5.74) is 0.655. The first-order chi connectivity index (χ1) is 12.8. The van der Waals surface area contributed by atoms with Crippen molar-refractivity contribution >= 4 is 27.9 Å². The molecule has 0 aromatic heterocycles. The number of methoxy groups -OCH3 is 1. The molecule has 1 unspecified atom stereocenters. The van der Waals surface area contributed by atoms with Gasteiger partial charge in [-0.25, -0.2) is 9.18 Å². The smallest absolute Gasteiger partial charge is 0.325 e. The van der Waals surface area contributed by atoms with E-state index in [9.17, 15) is 14.0 Å². The van der Waals surface area contributed by atoms with Gasteiger partial charge in [-0.05, 0) is 48.7 Å². The molecule has 1 saturated heterocycles. The molecule has 1 fully saturated rings. The van der Waals surface area contributed by atoms with Crippen LogP contribution in [0.3, 0.4) is 0 Å². The maximum atomic E-state index is 14.2. The van der Waals surface area contributed by atoms with Gasteiger partial charge in [-0.3, -0.25) is 9.69 Å². The molecule has 5 nitrogen and oxygen atoms in total. The number of aryl methyl sites for hydroxylation is 1. The van der Waals surface area contributed by atoms with Crippen molar-refractivity contribution < 1.29 is 18.7 Å². The van der Waals surface area contributed by atoms with Gasteiger partial charge in [0.25, 0.3) is 5.91 Å². The number of hydrogen-bond acceptors (Lipinski definition) is 3. The summed E-state index contributed by atoms with van der Waals surface area (Å²) in [4.78, 5) is 26.8. The SMILES string of the molecule is CCC1(c2ccc(OC)c(C)c2)NC(=O)N(Cc2ccc(Br)cc2F)C1=O. The minimum absolute atomic E-state index is 0.124. The van der Waals surface area contributed by atoms with Crippen LogP contribution in [0.5, 0.6) is 5.75 Å². The van der Waals surface area contributed by atoms with Crippen molar-refractivity contribution in [3.05, 3.63) is 63.4 Å². The Balaban J connectivity index is 1.96. The Morgan fingerprint density at radius 1 is 1.22 bits per heavy atom. The lowest BCUT2D eigenvalue weighted by Gasteiger charge is -2.26. The van der Waals surface area contributed by atoms with Gasteiger partial charge >= 0.3 is 6.03 Å². The zero-order valence-corrected chi connectivity index (χ0v) is 16.9. The van der Waals surface area contributed by atoms with Gasteiger partial charge in [0.2, 0.25) is 0 Å². The van der Waals surface area contributed by atoms with E-state index in [1.54, 1.807) is 31.4 Å². The Morgan fingerprint density at radius 3 is 2.56 bits per heavy atom. The lowest BCUT2D eigenvalue weighted by Crippen LogP contribution is -2.43. The van der Waals surface area contributed by atoms with Crippen LogP contribution in [0.15, 0.2) is 40.9 Å². The van der Waals surface area contributed by atoms with Crippen LogP contribution in [0.2, 0.25) is 0 Å². The van der Waals surface area contributed by atoms with E-state index in [4.69, 9.17) is 4.74 Å². The van der Waals surface area contributed by atoms with Crippen molar-refractivity contribution in [2.75, 3.05) is 7.11 Å². The Hall–Kier alpha value is -2.41. The van der Waals surface area contributed by atoms with Crippen molar-refractivity contribution in [1.82, 2.24) is 10.2 Å². The quantitative estimate of drug-likeness (QED) is 0.715. The lowest BCUT2D eigenvalue weighted by atomic mass is 9.86. The molecule has 0 radical (unpaired) electrons. The third kappa shape index (κ3) is 3.32. The first-order valence-corrected chi connectivity index (χ1v) is 9.35. The lowest BCUT2D eigenvalue weighted by molar-refractivity contribution is -0.132. The summed E-state index contributed by atoms with van der Waals surface area (Å²) in [6, 6.07) is 9.41. The summed E-state index contributed by atoms with van der Waals surface area (Å²) < 4.78 is 20.0. The van der Waals surface area contributed by atoms with Gasteiger partial charge in [0, 0.05) is 10.0 Å². The number of nitrogens with one attached hydrogen (secondary N) is 1. The molecule has 0 spiro atoms. The van der Waals surface area contributed by atoms with E-state index in [0.717, 1.165) is 10.5 Å². The molecular formula is C20H20BrFN2O3. The molecule has 1 heterocycles. The second-order valence-corrected chi connectivity index (χ2v) is 7.42. The number of carbonyl (C=O) groups excluding carboxylic acids is 2. The second kappa shape index (κ2) is 7.31. The molecule has 1 aliphatic heterocycles. The normalized spacial score (nSPS) is 19.4. The van der Waals surface area contributed by atoms with Crippen LogP contribution in [0, 0.1) is 12.7 Å². The number of ether oxygens (including phenoxy) is 1. The van der Waals surface area contributed by atoms with Crippen LogP contribution in [-0.2, 0) is 16.9 Å². The van der Waals surface area contributed by atoms with Crippen molar-refractivity contribution in [2.24, 2.45) is 0 Å². The van der Waals surface area contributed by atoms with Crippen LogP contribution in [0.4, 0.5) is 9.18 Å². The molecule has 27 heavy (non-hydrogen) atoms. The van der Waals surface area contributed by atoms with Gasteiger partial charge in [-0.1, -0.05) is 35.0 Å². The Kier molecular flexibility index (Phi) is 5.24. The molecule has 1 atom stereocenters. The molecule has 1 N–H and O–H groups in total. The topological polar surface area (TPSA) is 58.6 Å². The van der Waals surface area contributed by atoms with Gasteiger partial charge in [0.1, 0.15) is 17.1 Å². The van der Waals surface area contributed by atoms with Gasteiger partial charge in [0.15, 0.2) is 0 Å². The Labute approximate surface area is 165 Å². The van der Waals surface area contributed by atoms with Crippen LogP contribution in [0.1, 0.15) is 30.0 Å². The fourth-order valence-corrected chi connectivity index (χ4v) is 3.71. The number of hydrogen-bond donors (Lipinski definition) is 1. The Morgan fingerprint density at radius 2 is 1.96 bits per heavy atom. The minimum atomic E-state index is -1.17. The highest BCUT2D eigenvalue weighted by Gasteiger charge is 2.51. The summed E-state index contributed by atoms with van der Waals surface area (Å²) in [7, 11) is 1.58. The zero-order valence-electron chi connectivity index (χ0n) is 15.3. The number of rotatable bonds is 5. The monoisotopic (exact) mass is 434 g/mol. The molecule has 2 aromatic rings. The maximum absolute atomic E-state index is 14.2. The minimum Gasteiger partial charge on any atom is -0.496 e. The molecule has 0 saturated carbocycles. The molecule has 1 aliphatic rings. The van der Waals surface area contributed by atoms with Crippen molar-refractivity contribution in [3.63, 3.8) is 0 Å². The average Bonchev–Trinajstić information content (AvgIpc) is 2.88. The van der Waals surface area contributed by atoms with Gasteiger partial charge in [-0.2, -0.15) is 0 Å². The largest absolute Gasteiger partial charge is 0.496 e. The van der Waals surface area contributed by atoms with Crippen LogP contribution in [0.25, 0.3) is 0 Å². The summed E-state index contributed by atoms with van der Waals surface area (Å²) in [5, 5.41) is 2.81. The highest BCUT2D eigenvalue weighted by Crippen LogP contribution is 2.35. The van der Waals surface area contributed by atoms with Gasteiger partial charge in [0.05, 0.1) is 13.7 Å². The molecule has 3 amide bonds.